The van der Waals surface area contributed by atoms with Gasteiger partial charge in [0.05, 0.1) is 4.90 Å². The zero-order valence-electron chi connectivity index (χ0n) is 25.0. The molecule has 0 heterocycles. The summed E-state index contributed by atoms with van der Waals surface area (Å²) in [5.41, 5.74) is 0.765. The van der Waals surface area contributed by atoms with Gasteiger partial charge in [0.15, 0.2) is 0 Å². The summed E-state index contributed by atoms with van der Waals surface area (Å²) in [7, 11) is -3.93. The zero-order chi connectivity index (χ0) is 31.4. The highest BCUT2D eigenvalue weighted by Gasteiger charge is 2.23. The van der Waals surface area contributed by atoms with Crippen LogP contribution in [-0.4, -0.2) is 29.8 Å². The van der Waals surface area contributed by atoms with Crippen LogP contribution in [0, 0.1) is 37.5 Å². The molecule has 7 heteroatoms. The van der Waals surface area contributed by atoms with E-state index < -0.39 is 21.0 Å². The van der Waals surface area contributed by atoms with Crippen molar-refractivity contribution in [2.24, 2.45) is 0 Å². The summed E-state index contributed by atoms with van der Waals surface area (Å²) in [5.74, 6) is 13.2. The summed E-state index contributed by atoms with van der Waals surface area (Å²) in [6, 6.07) is 23.4. The Bertz CT molecular complexity index is 1870. The lowest BCUT2D eigenvalue weighted by atomic mass is 10.1. The third-order valence-corrected chi connectivity index (χ3v) is 8.00. The van der Waals surface area contributed by atoms with E-state index in [0.29, 0.717) is 22.8 Å². The minimum Gasteiger partial charge on any atom is -0.457 e. The first-order valence-electron chi connectivity index (χ1n) is 13.6. The molecule has 0 saturated heterocycles. The molecule has 2 N–H and O–H groups in total. The first-order valence-corrected chi connectivity index (χ1v) is 15.1. The minimum absolute atomic E-state index is 0.0305. The third-order valence-electron chi connectivity index (χ3n) is 6.20. The van der Waals surface area contributed by atoms with E-state index in [0.717, 1.165) is 16.7 Å². The predicted octanol–water partition coefficient (Wildman–Crippen LogP) is 6.97. The first-order chi connectivity index (χ1) is 20.1. The summed E-state index contributed by atoms with van der Waals surface area (Å²) < 4.78 is 39.5. The van der Waals surface area contributed by atoms with Gasteiger partial charge >= 0.3 is 0 Å². The lowest BCUT2D eigenvalue weighted by Crippen LogP contribution is -2.14. The van der Waals surface area contributed by atoms with Crippen molar-refractivity contribution in [3.63, 3.8) is 0 Å². The SMILES string of the molecule is Cc1cc(C#CC(C)(C)O)ccc1Oc1ccccc1S(=O)(=O)c1ccc(Oc2cccc(C#CC(C)(C)O)c2C)cc1. The molecule has 0 unspecified atom stereocenters. The molecule has 4 rings (SSSR count). The Morgan fingerprint density at radius 1 is 0.674 bits per heavy atom. The zero-order valence-corrected chi connectivity index (χ0v) is 25.8. The van der Waals surface area contributed by atoms with Crippen LogP contribution in [-0.2, 0) is 9.84 Å². The second-order valence-corrected chi connectivity index (χ2v) is 13.1. The Morgan fingerprint density at radius 2 is 1.30 bits per heavy atom. The van der Waals surface area contributed by atoms with E-state index >= 15 is 0 Å². The van der Waals surface area contributed by atoms with E-state index in [1.165, 1.54) is 18.2 Å². The van der Waals surface area contributed by atoms with Crippen LogP contribution < -0.4 is 9.47 Å². The number of hydrogen-bond acceptors (Lipinski definition) is 6. The van der Waals surface area contributed by atoms with Crippen LogP contribution in [0.1, 0.15) is 49.9 Å². The number of aryl methyl sites for hydroxylation is 1. The molecule has 0 atom stereocenters. The van der Waals surface area contributed by atoms with Gasteiger partial charge in [0.25, 0.3) is 0 Å². The molecular weight excluding hydrogens is 560 g/mol. The van der Waals surface area contributed by atoms with Crippen molar-refractivity contribution in [1.82, 2.24) is 0 Å². The molecule has 6 nitrogen and oxygen atoms in total. The monoisotopic (exact) mass is 594 g/mol. The van der Waals surface area contributed by atoms with Gasteiger partial charge in [-0.3, -0.25) is 0 Å². The van der Waals surface area contributed by atoms with Gasteiger partial charge in [-0.1, -0.05) is 41.9 Å². The maximum atomic E-state index is 13.7. The molecular formula is C36H34O6S. The molecule has 0 aromatic heterocycles. The van der Waals surface area contributed by atoms with Crippen LogP contribution in [0.15, 0.2) is 94.7 Å². The van der Waals surface area contributed by atoms with Crippen LogP contribution in [0.5, 0.6) is 23.0 Å². The number of hydrogen-bond donors (Lipinski definition) is 2. The quantitative estimate of drug-likeness (QED) is 0.234. The molecule has 4 aromatic carbocycles. The molecule has 0 radical (unpaired) electrons. The van der Waals surface area contributed by atoms with Gasteiger partial charge in [0, 0.05) is 16.7 Å². The largest absolute Gasteiger partial charge is 0.457 e. The van der Waals surface area contributed by atoms with Crippen molar-refractivity contribution < 1.29 is 28.1 Å². The fourth-order valence-electron chi connectivity index (χ4n) is 3.96. The average molecular weight is 595 g/mol. The van der Waals surface area contributed by atoms with Crippen molar-refractivity contribution in [2.45, 2.75) is 62.5 Å². The van der Waals surface area contributed by atoms with Gasteiger partial charge in [-0.2, -0.15) is 0 Å². The number of rotatable bonds is 6. The van der Waals surface area contributed by atoms with Gasteiger partial charge in [0.1, 0.15) is 39.1 Å². The van der Waals surface area contributed by atoms with Crippen LogP contribution in [0.3, 0.4) is 0 Å². The molecule has 220 valence electrons. The second kappa shape index (κ2) is 12.4. The van der Waals surface area contributed by atoms with Crippen LogP contribution in [0.4, 0.5) is 0 Å². The Balaban J connectivity index is 1.57. The average Bonchev–Trinajstić information content (AvgIpc) is 2.93. The van der Waals surface area contributed by atoms with Crippen molar-refractivity contribution in [1.29, 1.82) is 0 Å². The summed E-state index contributed by atoms with van der Waals surface area (Å²) >= 11 is 0. The fraction of sp³-hybridized carbons (Fsp3) is 0.222. The van der Waals surface area contributed by atoms with E-state index in [4.69, 9.17) is 9.47 Å². The molecule has 0 spiro atoms. The predicted molar refractivity (Wildman–Crippen MR) is 167 cm³/mol. The number of aliphatic hydroxyl groups is 2. The maximum Gasteiger partial charge on any atom is 0.210 e. The van der Waals surface area contributed by atoms with Gasteiger partial charge < -0.3 is 19.7 Å². The summed E-state index contributed by atoms with van der Waals surface area (Å²) in [4.78, 5) is 0.120. The van der Waals surface area contributed by atoms with Crippen molar-refractivity contribution in [3.8, 4) is 46.7 Å². The molecule has 43 heavy (non-hydrogen) atoms. The van der Waals surface area contributed by atoms with Crippen molar-refractivity contribution in [3.05, 3.63) is 107 Å². The van der Waals surface area contributed by atoms with Gasteiger partial charge in [-0.05, 0) is 114 Å². The number of para-hydroxylation sites is 1. The van der Waals surface area contributed by atoms with E-state index in [1.54, 1.807) is 76.2 Å². The molecule has 0 aliphatic carbocycles. The third kappa shape index (κ3) is 8.28. The van der Waals surface area contributed by atoms with Crippen LogP contribution in [0.25, 0.3) is 0 Å². The standard InChI is InChI=1S/C36H34O6S/c1-25-24-27(20-22-35(3,4)37)14-19-31(25)42-33-11-7-8-13-34(33)43(39,40)30-17-15-29(16-18-30)41-32-12-9-10-28(26(32)2)21-23-36(5,6)38/h7-19,24,37-38H,1-6H3. The van der Waals surface area contributed by atoms with E-state index in [2.05, 4.69) is 23.7 Å². The lowest BCUT2D eigenvalue weighted by Gasteiger charge is -2.14. The highest BCUT2D eigenvalue weighted by Crippen LogP contribution is 2.35. The highest BCUT2D eigenvalue weighted by atomic mass is 32.2. The van der Waals surface area contributed by atoms with E-state index in [-0.39, 0.29) is 15.5 Å². The Labute approximate surface area is 253 Å². The van der Waals surface area contributed by atoms with E-state index in [1.807, 2.05) is 32.0 Å². The van der Waals surface area contributed by atoms with Crippen molar-refractivity contribution in [2.75, 3.05) is 0 Å². The van der Waals surface area contributed by atoms with Gasteiger partial charge in [-0.25, -0.2) is 8.42 Å². The summed E-state index contributed by atoms with van der Waals surface area (Å²) in [5, 5.41) is 19.8. The molecule has 0 saturated carbocycles. The summed E-state index contributed by atoms with van der Waals surface area (Å²) in [6.45, 7) is 10.2. The second-order valence-electron chi connectivity index (χ2n) is 11.2. The molecule has 0 amide bonds. The van der Waals surface area contributed by atoms with Crippen molar-refractivity contribution >= 4 is 9.84 Å². The Hall–Kier alpha value is -4.53. The maximum absolute atomic E-state index is 13.7. The number of sulfone groups is 1. The lowest BCUT2D eigenvalue weighted by molar-refractivity contribution is 0.143. The van der Waals surface area contributed by atoms with Crippen LogP contribution >= 0.6 is 0 Å². The molecule has 0 aliphatic heterocycles. The van der Waals surface area contributed by atoms with Crippen LogP contribution in [0.2, 0.25) is 0 Å². The van der Waals surface area contributed by atoms with E-state index in [9.17, 15) is 18.6 Å². The molecule has 4 aromatic rings. The Morgan fingerprint density at radius 3 is 1.95 bits per heavy atom. The Kier molecular flexibility index (Phi) is 9.04. The smallest absolute Gasteiger partial charge is 0.210 e. The van der Waals surface area contributed by atoms with Gasteiger partial charge in [0.2, 0.25) is 9.84 Å². The summed E-state index contributed by atoms with van der Waals surface area (Å²) in [6.07, 6.45) is 0. The molecule has 0 bridgehead atoms. The highest BCUT2D eigenvalue weighted by molar-refractivity contribution is 7.91. The minimum atomic E-state index is -3.93. The first kappa shape index (κ1) is 31.4. The normalized spacial score (nSPS) is 11.5. The molecule has 0 aliphatic rings. The fourth-order valence-corrected chi connectivity index (χ4v) is 5.34. The number of benzene rings is 4. The van der Waals surface area contributed by atoms with Gasteiger partial charge in [-0.15, -0.1) is 0 Å². The topological polar surface area (TPSA) is 93.1 Å². The molecule has 0 fully saturated rings. The number of ether oxygens (including phenoxy) is 2.